The van der Waals surface area contributed by atoms with Crippen molar-refractivity contribution in [3.05, 3.63) is 83.6 Å². The molecule has 4 heteroatoms. The summed E-state index contributed by atoms with van der Waals surface area (Å²) in [6.07, 6.45) is 1.77. The van der Waals surface area contributed by atoms with Crippen molar-refractivity contribution < 1.29 is 9.53 Å². The van der Waals surface area contributed by atoms with Gasteiger partial charge in [0.15, 0.2) is 0 Å². The van der Waals surface area contributed by atoms with Crippen molar-refractivity contribution in [2.45, 2.75) is 13.5 Å². The number of aromatic nitrogens is 2. The lowest BCUT2D eigenvalue weighted by atomic mass is 10.1. The number of fused-ring (bicyclic) bond motifs is 4. The smallest absolute Gasteiger partial charge is 0.268 e. The standard InChI is InChI=1S/C22H16N2O2/c1-14-8-10-15(11-9-14)13-26-21-16-5-2-3-6-17(16)23-20-18-7-4-12-24(18)22(25)19(20)21/h2-12H,13H2,1H3. The summed E-state index contributed by atoms with van der Waals surface area (Å²) in [5, 5.41) is 0.859. The zero-order valence-corrected chi connectivity index (χ0v) is 14.3. The van der Waals surface area contributed by atoms with Crippen LogP contribution in [-0.2, 0) is 6.61 Å². The van der Waals surface area contributed by atoms with E-state index < -0.39 is 0 Å². The maximum absolute atomic E-state index is 12.9. The largest absolute Gasteiger partial charge is 0.487 e. The second-order valence-electron chi connectivity index (χ2n) is 6.52. The van der Waals surface area contributed by atoms with Crippen molar-refractivity contribution in [2.24, 2.45) is 0 Å². The Bertz CT molecular complexity index is 1160. The number of carbonyl (C=O) groups is 1. The molecule has 2 aromatic carbocycles. The molecule has 0 spiro atoms. The van der Waals surface area contributed by atoms with Crippen LogP contribution in [0.1, 0.15) is 21.5 Å². The Kier molecular flexibility index (Phi) is 3.19. The van der Waals surface area contributed by atoms with Gasteiger partial charge in [0.05, 0.1) is 11.2 Å². The molecule has 126 valence electrons. The summed E-state index contributed by atoms with van der Waals surface area (Å²) in [5.74, 6) is 0.525. The SMILES string of the molecule is Cc1ccc(COc2c3c(nc4ccccc24)-c2cccn2C3=O)cc1. The minimum Gasteiger partial charge on any atom is -0.487 e. The lowest BCUT2D eigenvalue weighted by Crippen LogP contribution is -2.08. The van der Waals surface area contributed by atoms with E-state index in [4.69, 9.17) is 9.72 Å². The minimum atomic E-state index is -0.0860. The number of para-hydroxylation sites is 1. The van der Waals surface area contributed by atoms with Crippen LogP contribution in [0.5, 0.6) is 5.75 Å². The van der Waals surface area contributed by atoms with Gasteiger partial charge >= 0.3 is 0 Å². The molecule has 5 rings (SSSR count). The number of benzene rings is 2. The van der Waals surface area contributed by atoms with E-state index in [2.05, 4.69) is 19.1 Å². The number of hydrogen-bond donors (Lipinski definition) is 0. The predicted octanol–water partition coefficient (Wildman–Crippen LogP) is 4.59. The van der Waals surface area contributed by atoms with Gasteiger partial charge in [0.2, 0.25) is 0 Å². The molecule has 0 radical (unpaired) electrons. The summed E-state index contributed by atoms with van der Waals surface area (Å²) >= 11 is 0. The number of hydrogen-bond acceptors (Lipinski definition) is 3. The molecule has 1 aliphatic heterocycles. The normalized spacial score (nSPS) is 12.3. The van der Waals surface area contributed by atoms with Gasteiger partial charge in [0.25, 0.3) is 5.91 Å². The van der Waals surface area contributed by atoms with Gasteiger partial charge in [-0.05, 0) is 36.8 Å². The van der Waals surface area contributed by atoms with Crippen LogP contribution in [0.15, 0.2) is 66.9 Å². The van der Waals surface area contributed by atoms with Crippen molar-refractivity contribution in [3.63, 3.8) is 0 Å². The highest BCUT2D eigenvalue weighted by Crippen LogP contribution is 2.40. The fraction of sp³-hybridized carbons (Fsp3) is 0.0909. The van der Waals surface area contributed by atoms with E-state index in [0.717, 1.165) is 22.2 Å². The number of aryl methyl sites for hydroxylation is 1. The molecule has 0 atom stereocenters. The van der Waals surface area contributed by atoms with E-state index in [1.807, 2.05) is 48.5 Å². The van der Waals surface area contributed by atoms with Crippen LogP contribution in [0, 0.1) is 6.92 Å². The maximum Gasteiger partial charge on any atom is 0.268 e. The number of rotatable bonds is 3. The molecule has 2 aromatic heterocycles. The molecule has 3 heterocycles. The average Bonchev–Trinajstić information content (AvgIpc) is 3.24. The number of pyridine rings is 1. The van der Waals surface area contributed by atoms with E-state index in [9.17, 15) is 4.79 Å². The van der Waals surface area contributed by atoms with Crippen LogP contribution in [0.2, 0.25) is 0 Å². The third-order valence-electron chi connectivity index (χ3n) is 4.77. The van der Waals surface area contributed by atoms with Gasteiger partial charge in [-0.1, -0.05) is 42.0 Å². The molecule has 0 amide bonds. The van der Waals surface area contributed by atoms with Crippen molar-refractivity contribution >= 4 is 16.8 Å². The molecule has 0 unspecified atom stereocenters. The fourth-order valence-corrected chi connectivity index (χ4v) is 3.43. The molecule has 0 fully saturated rings. The first-order valence-electron chi connectivity index (χ1n) is 8.56. The van der Waals surface area contributed by atoms with Crippen molar-refractivity contribution in [2.75, 3.05) is 0 Å². The van der Waals surface area contributed by atoms with Crippen LogP contribution >= 0.6 is 0 Å². The van der Waals surface area contributed by atoms with Crippen molar-refractivity contribution in [1.82, 2.24) is 9.55 Å². The minimum absolute atomic E-state index is 0.0860. The summed E-state index contributed by atoms with van der Waals surface area (Å²) in [7, 11) is 0. The van der Waals surface area contributed by atoms with E-state index in [0.29, 0.717) is 23.6 Å². The van der Waals surface area contributed by atoms with Gasteiger partial charge in [0.1, 0.15) is 23.6 Å². The fourth-order valence-electron chi connectivity index (χ4n) is 3.43. The van der Waals surface area contributed by atoms with Gasteiger partial charge in [-0.3, -0.25) is 9.36 Å². The quantitative estimate of drug-likeness (QED) is 0.482. The molecular formula is C22H16N2O2. The first kappa shape index (κ1) is 14.9. The predicted molar refractivity (Wildman–Crippen MR) is 100 cm³/mol. The molecule has 4 nitrogen and oxygen atoms in total. The zero-order valence-electron chi connectivity index (χ0n) is 14.3. The summed E-state index contributed by atoms with van der Waals surface area (Å²) in [6, 6.07) is 19.8. The molecule has 0 saturated heterocycles. The van der Waals surface area contributed by atoms with Gasteiger partial charge in [-0.25, -0.2) is 4.98 Å². The summed E-state index contributed by atoms with van der Waals surface area (Å²) in [6.45, 7) is 2.46. The van der Waals surface area contributed by atoms with E-state index in [-0.39, 0.29) is 5.91 Å². The molecule has 0 bridgehead atoms. The molecular weight excluding hydrogens is 324 g/mol. The van der Waals surface area contributed by atoms with Gasteiger partial charge in [-0.2, -0.15) is 0 Å². The third kappa shape index (κ3) is 2.15. The van der Waals surface area contributed by atoms with Crippen LogP contribution in [-0.4, -0.2) is 15.5 Å². The average molecular weight is 340 g/mol. The Morgan fingerprint density at radius 3 is 2.65 bits per heavy atom. The van der Waals surface area contributed by atoms with Crippen LogP contribution in [0.3, 0.4) is 0 Å². The topological polar surface area (TPSA) is 44.1 Å². The first-order chi connectivity index (χ1) is 12.7. The zero-order chi connectivity index (χ0) is 17.7. The second-order valence-corrected chi connectivity index (χ2v) is 6.52. The summed E-state index contributed by atoms with van der Waals surface area (Å²) < 4.78 is 7.82. The second kappa shape index (κ2) is 5.56. The highest BCUT2D eigenvalue weighted by molar-refractivity contribution is 6.13. The first-order valence-corrected chi connectivity index (χ1v) is 8.56. The Morgan fingerprint density at radius 2 is 1.81 bits per heavy atom. The monoisotopic (exact) mass is 340 g/mol. The third-order valence-corrected chi connectivity index (χ3v) is 4.77. The molecule has 0 saturated carbocycles. The van der Waals surface area contributed by atoms with Crippen LogP contribution < -0.4 is 4.74 Å². The van der Waals surface area contributed by atoms with Gasteiger partial charge < -0.3 is 4.74 Å². The molecule has 26 heavy (non-hydrogen) atoms. The van der Waals surface area contributed by atoms with Crippen LogP contribution in [0.4, 0.5) is 0 Å². The van der Waals surface area contributed by atoms with Crippen LogP contribution in [0.25, 0.3) is 22.3 Å². The highest BCUT2D eigenvalue weighted by atomic mass is 16.5. The van der Waals surface area contributed by atoms with Crippen molar-refractivity contribution in [3.8, 4) is 17.1 Å². The highest BCUT2D eigenvalue weighted by Gasteiger charge is 2.32. The number of ether oxygens (including phenoxy) is 1. The van der Waals surface area contributed by atoms with E-state index in [1.54, 1.807) is 10.8 Å². The lowest BCUT2D eigenvalue weighted by Gasteiger charge is -2.13. The van der Waals surface area contributed by atoms with Gasteiger partial charge in [0, 0.05) is 11.6 Å². The molecule has 0 N–H and O–H groups in total. The summed E-state index contributed by atoms with van der Waals surface area (Å²) in [4.78, 5) is 17.6. The molecule has 0 aliphatic carbocycles. The van der Waals surface area contributed by atoms with Gasteiger partial charge in [-0.15, -0.1) is 0 Å². The lowest BCUT2D eigenvalue weighted by molar-refractivity contribution is 0.0965. The Hall–Kier alpha value is -3.40. The van der Waals surface area contributed by atoms with Crippen molar-refractivity contribution in [1.29, 1.82) is 0 Å². The number of carbonyl (C=O) groups excluding carboxylic acids is 1. The Morgan fingerprint density at radius 1 is 1.00 bits per heavy atom. The molecule has 1 aliphatic rings. The number of nitrogens with zero attached hydrogens (tertiary/aromatic N) is 2. The Labute approximate surface area is 150 Å². The molecule has 4 aromatic rings. The van der Waals surface area contributed by atoms with E-state index in [1.165, 1.54) is 5.56 Å². The Balaban J connectivity index is 1.66. The summed E-state index contributed by atoms with van der Waals surface area (Å²) in [5.41, 5.74) is 5.15. The maximum atomic E-state index is 12.9. The van der Waals surface area contributed by atoms with E-state index >= 15 is 0 Å².